The molecule has 0 bridgehead atoms. The molecular formula is C26H26N4O2S2. The Morgan fingerprint density at radius 2 is 1.79 bits per heavy atom. The molecule has 8 heteroatoms. The van der Waals surface area contributed by atoms with Crippen LogP contribution in [0.4, 0.5) is 5.69 Å². The topological polar surface area (TPSA) is 100 Å². The molecule has 1 unspecified atom stereocenters. The van der Waals surface area contributed by atoms with Gasteiger partial charge in [0.05, 0.1) is 32.8 Å². The number of anilines is 1. The van der Waals surface area contributed by atoms with Crippen LogP contribution >= 0.6 is 11.3 Å². The highest BCUT2D eigenvalue weighted by molar-refractivity contribution is 7.89. The van der Waals surface area contributed by atoms with E-state index in [9.17, 15) is 13.7 Å². The van der Waals surface area contributed by atoms with E-state index in [1.165, 1.54) is 21.7 Å². The molecule has 4 aromatic rings. The molecule has 174 valence electrons. The van der Waals surface area contributed by atoms with Crippen molar-refractivity contribution in [3.05, 3.63) is 88.9 Å². The Kier molecular flexibility index (Phi) is 6.45. The van der Waals surface area contributed by atoms with Crippen LogP contribution in [0, 0.1) is 11.3 Å². The summed E-state index contributed by atoms with van der Waals surface area (Å²) in [5, 5.41) is 10.1. The van der Waals surface area contributed by atoms with Gasteiger partial charge in [-0.2, -0.15) is 9.57 Å². The maximum atomic E-state index is 14.1. The SMILES string of the molecule is CC(C)(C)N(C(Cc1cccc(C#N)c1)c1nc2ccccc2s1)S(=O)(=O)c1cccc(N)c1. The first kappa shape index (κ1) is 23.9. The second-order valence-corrected chi connectivity index (χ2v) is 12.0. The highest BCUT2D eigenvalue weighted by Crippen LogP contribution is 2.40. The molecule has 0 fully saturated rings. The lowest BCUT2D eigenvalue weighted by Crippen LogP contribution is -2.48. The van der Waals surface area contributed by atoms with Crippen molar-refractivity contribution in [1.82, 2.24) is 9.29 Å². The number of aromatic nitrogens is 1. The normalized spacial score (nSPS) is 13.1. The minimum absolute atomic E-state index is 0.138. The molecule has 0 aliphatic carbocycles. The maximum Gasteiger partial charge on any atom is 0.244 e. The van der Waals surface area contributed by atoms with Gasteiger partial charge in [-0.1, -0.05) is 30.3 Å². The molecule has 34 heavy (non-hydrogen) atoms. The number of nitrogens with two attached hydrogens (primary N) is 1. The zero-order valence-corrected chi connectivity index (χ0v) is 20.9. The first-order valence-corrected chi connectivity index (χ1v) is 13.1. The van der Waals surface area contributed by atoms with Gasteiger partial charge < -0.3 is 5.73 Å². The predicted octanol–water partition coefficient (Wildman–Crippen LogP) is 5.52. The Balaban J connectivity index is 1.92. The maximum absolute atomic E-state index is 14.1. The monoisotopic (exact) mass is 490 g/mol. The number of nitrogen functional groups attached to an aromatic ring is 1. The molecule has 3 aromatic carbocycles. The number of fused-ring (bicyclic) bond motifs is 1. The molecule has 6 nitrogen and oxygen atoms in total. The molecule has 0 aliphatic heterocycles. The summed E-state index contributed by atoms with van der Waals surface area (Å²) in [7, 11) is -3.95. The molecule has 2 N–H and O–H groups in total. The van der Waals surface area contributed by atoms with Gasteiger partial charge in [-0.25, -0.2) is 13.4 Å². The van der Waals surface area contributed by atoms with Gasteiger partial charge in [-0.3, -0.25) is 0 Å². The third-order valence-electron chi connectivity index (χ3n) is 5.44. The molecule has 0 amide bonds. The van der Waals surface area contributed by atoms with E-state index in [4.69, 9.17) is 10.7 Å². The van der Waals surface area contributed by atoms with E-state index >= 15 is 0 Å². The van der Waals surface area contributed by atoms with Crippen LogP contribution in [0.1, 0.15) is 42.9 Å². The number of nitrogens with zero attached hydrogens (tertiary/aromatic N) is 3. The second kappa shape index (κ2) is 9.18. The smallest absolute Gasteiger partial charge is 0.244 e. The van der Waals surface area contributed by atoms with E-state index in [2.05, 4.69) is 6.07 Å². The molecule has 1 atom stereocenters. The molecule has 0 saturated carbocycles. The fourth-order valence-electron chi connectivity index (χ4n) is 4.08. The number of para-hydroxylation sites is 1. The summed E-state index contributed by atoms with van der Waals surface area (Å²) >= 11 is 1.49. The summed E-state index contributed by atoms with van der Waals surface area (Å²) in [5.74, 6) is 0. The Morgan fingerprint density at radius 3 is 2.47 bits per heavy atom. The van der Waals surface area contributed by atoms with Gasteiger partial charge in [0.25, 0.3) is 0 Å². The first-order valence-electron chi connectivity index (χ1n) is 10.8. The van der Waals surface area contributed by atoms with Crippen molar-refractivity contribution >= 4 is 37.3 Å². The van der Waals surface area contributed by atoms with Gasteiger partial charge in [-0.15, -0.1) is 11.3 Å². The van der Waals surface area contributed by atoms with Crippen LogP contribution in [0.15, 0.2) is 77.7 Å². The third-order valence-corrected chi connectivity index (χ3v) is 8.75. The molecule has 4 rings (SSSR count). The van der Waals surface area contributed by atoms with Crippen molar-refractivity contribution in [2.24, 2.45) is 0 Å². The van der Waals surface area contributed by atoms with Crippen LogP contribution in [0.2, 0.25) is 0 Å². The van der Waals surface area contributed by atoms with Gasteiger partial charge >= 0.3 is 0 Å². The predicted molar refractivity (Wildman–Crippen MR) is 137 cm³/mol. The Morgan fingerprint density at radius 1 is 1.06 bits per heavy atom. The number of sulfonamides is 1. The highest BCUT2D eigenvalue weighted by Gasteiger charge is 2.41. The third kappa shape index (κ3) is 4.82. The minimum Gasteiger partial charge on any atom is -0.399 e. The van der Waals surface area contributed by atoms with Crippen LogP contribution in [-0.4, -0.2) is 23.2 Å². The summed E-state index contributed by atoms with van der Waals surface area (Å²) < 4.78 is 30.7. The van der Waals surface area contributed by atoms with Gasteiger partial charge in [0, 0.05) is 11.2 Å². The van der Waals surface area contributed by atoms with Crippen molar-refractivity contribution in [2.45, 2.75) is 43.7 Å². The van der Waals surface area contributed by atoms with Crippen molar-refractivity contribution < 1.29 is 8.42 Å². The van der Waals surface area contributed by atoms with Gasteiger partial charge in [0.2, 0.25) is 10.0 Å². The lowest BCUT2D eigenvalue weighted by atomic mass is 10.0. The van der Waals surface area contributed by atoms with E-state index in [1.807, 2.05) is 57.2 Å². The van der Waals surface area contributed by atoms with Crippen LogP contribution in [0.5, 0.6) is 0 Å². The fourth-order valence-corrected chi connectivity index (χ4v) is 7.20. The Hall–Kier alpha value is -3.25. The molecule has 0 radical (unpaired) electrons. The lowest BCUT2D eigenvalue weighted by Gasteiger charge is -2.39. The van der Waals surface area contributed by atoms with E-state index in [1.54, 1.807) is 30.3 Å². The first-order chi connectivity index (χ1) is 16.1. The Labute approximate surface area is 204 Å². The quantitative estimate of drug-likeness (QED) is 0.359. The average molecular weight is 491 g/mol. The number of benzene rings is 3. The average Bonchev–Trinajstić information content (AvgIpc) is 3.22. The van der Waals surface area contributed by atoms with Crippen LogP contribution < -0.4 is 5.73 Å². The summed E-state index contributed by atoms with van der Waals surface area (Å²) in [4.78, 5) is 4.97. The molecule has 0 saturated heterocycles. The molecular weight excluding hydrogens is 464 g/mol. The number of rotatable bonds is 6. The van der Waals surface area contributed by atoms with Crippen molar-refractivity contribution in [2.75, 3.05) is 5.73 Å². The van der Waals surface area contributed by atoms with Crippen molar-refractivity contribution in [3.63, 3.8) is 0 Å². The van der Waals surface area contributed by atoms with E-state index in [0.29, 0.717) is 22.7 Å². The minimum atomic E-state index is -3.95. The van der Waals surface area contributed by atoms with E-state index < -0.39 is 21.6 Å². The molecule has 1 heterocycles. The fraction of sp³-hybridized carbons (Fsp3) is 0.231. The molecule has 1 aromatic heterocycles. The van der Waals surface area contributed by atoms with Crippen LogP contribution in [0.25, 0.3) is 10.2 Å². The largest absolute Gasteiger partial charge is 0.399 e. The van der Waals surface area contributed by atoms with E-state index in [0.717, 1.165) is 15.8 Å². The van der Waals surface area contributed by atoms with Crippen LogP contribution in [-0.2, 0) is 16.4 Å². The Bertz CT molecular complexity index is 1450. The number of hydrogen-bond acceptors (Lipinski definition) is 6. The molecule has 0 spiro atoms. The number of nitriles is 1. The summed E-state index contributed by atoms with van der Waals surface area (Å²) in [6, 6.07) is 23.0. The van der Waals surface area contributed by atoms with Crippen LogP contribution in [0.3, 0.4) is 0 Å². The zero-order chi connectivity index (χ0) is 24.5. The van der Waals surface area contributed by atoms with Gasteiger partial charge in [-0.05, 0) is 75.2 Å². The molecule has 0 aliphatic rings. The number of hydrogen-bond donors (Lipinski definition) is 1. The standard InChI is InChI=1S/C26H26N4O2S2/c1-26(2,3)30(34(31,32)21-11-7-10-20(28)16-21)23(15-18-8-6-9-19(14-18)17-27)25-29-22-12-4-5-13-24(22)33-25/h4-14,16,23H,15,28H2,1-3H3. The highest BCUT2D eigenvalue weighted by atomic mass is 32.2. The van der Waals surface area contributed by atoms with Crippen molar-refractivity contribution in [3.8, 4) is 6.07 Å². The summed E-state index contributed by atoms with van der Waals surface area (Å²) in [6.07, 6.45) is 0.369. The van der Waals surface area contributed by atoms with Gasteiger partial charge in [0.1, 0.15) is 5.01 Å². The van der Waals surface area contributed by atoms with E-state index in [-0.39, 0.29) is 4.90 Å². The number of thiazole rings is 1. The van der Waals surface area contributed by atoms with Crippen molar-refractivity contribution in [1.29, 1.82) is 5.26 Å². The van der Waals surface area contributed by atoms with Gasteiger partial charge in [0.15, 0.2) is 0 Å². The summed E-state index contributed by atoms with van der Waals surface area (Å²) in [5.41, 5.74) is 7.77. The summed E-state index contributed by atoms with van der Waals surface area (Å²) in [6.45, 7) is 5.63. The lowest BCUT2D eigenvalue weighted by molar-refractivity contribution is 0.188. The zero-order valence-electron chi connectivity index (χ0n) is 19.3. The second-order valence-electron chi connectivity index (χ2n) is 9.10.